The van der Waals surface area contributed by atoms with Crippen LogP contribution in [0.3, 0.4) is 0 Å². The van der Waals surface area contributed by atoms with Gasteiger partial charge in [0.2, 0.25) is 10.0 Å². The van der Waals surface area contributed by atoms with Crippen molar-refractivity contribution in [2.45, 2.75) is 48.8 Å². The van der Waals surface area contributed by atoms with Crippen molar-refractivity contribution in [3.8, 4) is 5.75 Å². The smallest absolute Gasteiger partial charge is 0.387 e. The van der Waals surface area contributed by atoms with Crippen LogP contribution >= 0.6 is 0 Å². The Morgan fingerprint density at radius 2 is 1.70 bits per heavy atom. The van der Waals surface area contributed by atoms with E-state index in [0.717, 1.165) is 52.0 Å². The molecule has 0 bridgehead atoms. The number of ether oxygens (including phenoxy) is 3. The third-order valence-corrected chi connectivity index (χ3v) is 8.18. The summed E-state index contributed by atoms with van der Waals surface area (Å²) in [5, 5.41) is 0. The summed E-state index contributed by atoms with van der Waals surface area (Å²) in [6.45, 7) is 1.37. The van der Waals surface area contributed by atoms with Crippen molar-refractivity contribution in [2.24, 2.45) is 0 Å². The van der Waals surface area contributed by atoms with Gasteiger partial charge in [0.15, 0.2) is 0 Å². The normalized spacial score (nSPS) is 24.4. The lowest BCUT2D eigenvalue weighted by Crippen LogP contribution is -2.59. The highest BCUT2D eigenvalue weighted by Crippen LogP contribution is 2.34. The van der Waals surface area contributed by atoms with Crippen LogP contribution in [0.1, 0.15) is 25.7 Å². The van der Waals surface area contributed by atoms with Crippen LogP contribution in [0.4, 0.5) is 8.78 Å². The highest BCUT2D eigenvalue weighted by molar-refractivity contribution is 7.89. The molecule has 1 spiro atoms. The fourth-order valence-electron chi connectivity index (χ4n) is 4.61. The van der Waals surface area contributed by atoms with E-state index in [-0.39, 0.29) is 17.2 Å². The first kappa shape index (κ1) is 21.9. The monoisotopic (exact) mass is 446 g/mol. The summed E-state index contributed by atoms with van der Waals surface area (Å²) in [6.07, 6.45) is 3.66. The second-order valence-corrected chi connectivity index (χ2v) is 10.0. The minimum atomic E-state index is -3.74. The van der Waals surface area contributed by atoms with Crippen molar-refractivity contribution in [1.82, 2.24) is 9.21 Å². The van der Waals surface area contributed by atoms with E-state index in [0.29, 0.717) is 19.2 Å². The van der Waals surface area contributed by atoms with Gasteiger partial charge in [-0.05, 0) is 49.9 Å². The number of alkyl halides is 2. The summed E-state index contributed by atoms with van der Waals surface area (Å²) in [7, 11) is -3.74. The van der Waals surface area contributed by atoms with Gasteiger partial charge in [0.1, 0.15) is 5.75 Å². The average molecular weight is 447 g/mol. The number of likely N-dealkylation sites (tertiary alicyclic amines) is 1. The number of rotatable bonds is 5. The van der Waals surface area contributed by atoms with Crippen molar-refractivity contribution < 1.29 is 31.4 Å². The highest BCUT2D eigenvalue weighted by atomic mass is 32.2. The zero-order valence-electron chi connectivity index (χ0n) is 16.8. The Hall–Kier alpha value is -1.33. The average Bonchev–Trinajstić information content (AvgIpc) is 2.75. The Balaban J connectivity index is 1.40. The van der Waals surface area contributed by atoms with Gasteiger partial charge in [-0.15, -0.1) is 0 Å². The van der Waals surface area contributed by atoms with Gasteiger partial charge in [0.05, 0.1) is 17.1 Å². The van der Waals surface area contributed by atoms with Crippen molar-refractivity contribution in [3.05, 3.63) is 24.3 Å². The molecule has 0 atom stereocenters. The molecule has 10 heteroatoms. The Morgan fingerprint density at radius 3 is 2.33 bits per heavy atom. The van der Waals surface area contributed by atoms with Crippen LogP contribution in [0.2, 0.25) is 0 Å². The summed E-state index contributed by atoms with van der Waals surface area (Å²) in [4.78, 5) is 2.55. The molecule has 3 heterocycles. The first-order valence-corrected chi connectivity index (χ1v) is 11.8. The summed E-state index contributed by atoms with van der Waals surface area (Å²) < 4.78 is 68.2. The second kappa shape index (κ2) is 9.04. The lowest BCUT2D eigenvalue weighted by atomic mass is 9.88. The van der Waals surface area contributed by atoms with Crippen LogP contribution in [-0.2, 0) is 19.5 Å². The topological polar surface area (TPSA) is 68.3 Å². The first-order chi connectivity index (χ1) is 14.4. The largest absolute Gasteiger partial charge is 0.435 e. The molecule has 0 aliphatic carbocycles. The Morgan fingerprint density at radius 1 is 1.03 bits per heavy atom. The molecule has 3 aliphatic heterocycles. The van der Waals surface area contributed by atoms with Crippen LogP contribution in [0, 0.1) is 0 Å². The SMILES string of the molecule is O=S(=O)(c1ccc(OC(F)F)cc1)N1CCOC2(CCN(C3CCOCC3)CC2)C1. The molecule has 3 fully saturated rings. The van der Waals surface area contributed by atoms with E-state index < -0.39 is 22.2 Å². The van der Waals surface area contributed by atoms with Crippen LogP contribution in [0.5, 0.6) is 5.75 Å². The van der Waals surface area contributed by atoms with Crippen molar-refractivity contribution in [1.29, 1.82) is 0 Å². The van der Waals surface area contributed by atoms with Crippen molar-refractivity contribution >= 4 is 10.0 Å². The molecule has 0 N–H and O–H groups in total. The molecule has 30 heavy (non-hydrogen) atoms. The number of nitrogens with zero attached hydrogens (tertiary/aromatic N) is 2. The lowest BCUT2D eigenvalue weighted by Gasteiger charge is -2.48. The summed E-state index contributed by atoms with van der Waals surface area (Å²) in [6, 6.07) is 5.66. The van der Waals surface area contributed by atoms with Gasteiger partial charge in [-0.25, -0.2) is 8.42 Å². The van der Waals surface area contributed by atoms with Gasteiger partial charge in [-0.1, -0.05) is 0 Å². The molecule has 3 saturated heterocycles. The Bertz CT molecular complexity index is 807. The minimum Gasteiger partial charge on any atom is -0.435 e. The predicted octanol–water partition coefficient (Wildman–Crippen LogP) is 2.32. The maximum atomic E-state index is 13.1. The standard InChI is InChI=1S/C20H28F2N2O5S/c21-19(22)29-17-1-3-18(4-2-17)30(25,26)24-11-14-28-20(15-24)7-9-23(10-8-20)16-5-12-27-13-6-16/h1-4,16,19H,5-15H2. The fraction of sp³-hybridized carbons (Fsp3) is 0.700. The third-order valence-electron chi connectivity index (χ3n) is 6.32. The van der Waals surface area contributed by atoms with Crippen molar-refractivity contribution in [2.75, 3.05) is 46.0 Å². The molecule has 0 amide bonds. The van der Waals surface area contributed by atoms with Crippen molar-refractivity contribution in [3.63, 3.8) is 0 Å². The fourth-order valence-corrected chi connectivity index (χ4v) is 6.11. The summed E-state index contributed by atoms with van der Waals surface area (Å²) in [5.74, 6) is -0.0668. The predicted molar refractivity (Wildman–Crippen MR) is 105 cm³/mol. The molecule has 0 aromatic heterocycles. The van der Waals surface area contributed by atoms with E-state index in [1.807, 2.05) is 0 Å². The summed E-state index contributed by atoms with van der Waals surface area (Å²) >= 11 is 0. The number of benzene rings is 1. The molecule has 1 aromatic carbocycles. The maximum absolute atomic E-state index is 13.1. The molecule has 4 rings (SSSR count). The van der Waals surface area contributed by atoms with Gasteiger partial charge >= 0.3 is 6.61 Å². The van der Waals surface area contributed by atoms with Gasteiger partial charge in [-0.3, -0.25) is 4.90 Å². The van der Waals surface area contributed by atoms with E-state index in [2.05, 4.69) is 9.64 Å². The number of halogens is 2. The Kier molecular flexibility index (Phi) is 6.59. The van der Waals surface area contributed by atoms with Gasteiger partial charge < -0.3 is 14.2 Å². The number of piperidine rings is 1. The number of hydrogen-bond donors (Lipinski definition) is 0. The van der Waals surface area contributed by atoms with E-state index in [4.69, 9.17) is 9.47 Å². The molecule has 0 radical (unpaired) electrons. The molecule has 0 saturated carbocycles. The summed E-state index contributed by atoms with van der Waals surface area (Å²) in [5.41, 5.74) is -0.467. The van der Waals surface area contributed by atoms with E-state index in [9.17, 15) is 17.2 Å². The molecule has 0 unspecified atom stereocenters. The Labute approximate surface area is 175 Å². The zero-order chi connectivity index (χ0) is 21.2. The molecular weight excluding hydrogens is 418 g/mol. The molecule has 168 valence electrons. The van der Waals surface area contributed by atoms with E-state index in [1.54, 1.807) is 0 Å². The highest BCUT2D eigenvalue weighted by Gasteiger charge is 2.44. The van der Waals surface area contributed by atoms with E-state index in [1.165, 1.54) is 28.6 Å². The maximum Gasteiger partial charge on any atom is 0.387 e. The van der Waals surface area contributed by atoms with Crippen LogP contribution in [0.25, 0.3) is 0 Å². The van der Waals surface area contributed by atoms with Crippen LogP contribution < -0.4 is 4.74 Å². The third kappa shape index (κ3) is 4.77. The number of sulfonamides is 1. The molecular formula is C20H28F2N2O5S. The molecule has 1 aromatic rings. The molecule has 7 nitrogen and oxygen atoms in total. The number of morpholine rings is 1. The minimum absolute atomic E-state index is 0.0668. The van der Waals surface area contributed by atoms with Gasteiger partial charge in [-0.2, -0.15) is 13.1 Å². The quantitative estimate of drug-likeness (QED) is 0.692. The second-order valence-electron chi connectivity index (χ2n) is 8.10. The van der Waals surface area contributed by atoms with Gasteiger partial charge in [0, 0.05) is 45.4 Å². The van der Waals surface area contributed by atoms with Gasteiger partial charge in [0.25, 0.3) is 0 Å². The zero-order valence-corrected chi connectivity index (χ0v) is 17.7. The van der Waals surface area contributed by atoms with Crippen LogP contribution in [0.15, 0.2) is 29.2 Å². The number of hydrogen-bond acceptors (Lipinski definition) is 6. The molecule has 3 aliphatic rings. The first-order valence-electron chi connectivity index (χ1n) is 10.4. The van der Waals surface area contributed by atoms with Crippen LogP contribution in [-0.4, -0.2) is 81.9 Å². The lowest BCUT2D eigenvalue weighted by molar-refractivity contribution is -0.126. The van der Waals surface area contributed by atoms with E-state index >= 15 is 0 Å².